The average Bonchev–Trinajstić information content (AvgIpc) is 2.76. The topological polar surface area (TPSA) is 0 Å². The van der Waals surface area contributed by atoms with Gasteiger partial charge in [0.1, 0.15) is 0 Å². The zero-order chi connectivity index (χ0) is 15.0. The average molecular weight is 299 g/mol. The Balaban J connectivity index is 1.86. The Hall–Kier alpha value is -1.01. The molecule has 0 nitrogen and oxygen atoms in total. The second-order valence-electron chi connectivity index (χ2n) is 7.98. The molecule has 21 heavy (non-hydrogen) atoms. The molecule has 4 rings (SSSR count). The second kappa shape index (κ2) is 4.04. The molecule has 0 amide bonds. The van der Waals surface area contributed by atoms with Gasteiger partial charge in [-0.05, 0) is 57.1 Å². The molecular weight excluding hydrogens is 276 g/mol. The number of hydrogen-bond donors (Lipinski definition) is 0. The summed E-state index contributed by atoms with van der Waals surface area (Å²) in [6, 6.07) is 11.3. The quantitative estimate of drug-likeness (QED) is 0.605. The van der Waals surface area contributed by atoms with Crippen LogP contribution in [-0.4, -0.2) is 0 Å². The van der Waals surface area contributed by atoms with Gasteiger partial charge < -0.3 is 0 Å². The third kappa shape index (κ3) is 1.63. The van der Waals surface area contributed by atoms with Crippen molar-refractivity contribution >= 4 is 22.4 Å². The summed E-state index contributed by atoms with van der Waals surface area (Å²) in [5, 5.41) is 2.98. The molecule has 2 aliphatic carbocycles. The largest absolute Gasteiger partial charge is 0.117 e. The van der Waals surface area contributed by atoms with E-state index in [1.807, 2.05) is 0 Å². The normalized spacial score (nSPS) is 23.5. The first-order chi connectivity index (χ1) is 9.85. The standard InChI is InChI=1S/C20H23Cl/c1-19(2)18(20(19,3)4)17(21)15-11-10-13-9-8-12-6-5-7-14(15)16(12)13/h5-7,10-11,17-18H,8-9H2,1-4H3. The molecule has 0 aromatic heterocycles. The lowest BCUT2D eigenvalue weighted by atomic mass is 9.94. The van der Waals surface area contributed by atoms with E-state index in [2.05, 4.69) is 58.0 Å². The Morgan fingerprint density at radius 3 is 2.19 bits per heavy atom. The minimum atomic E-state index is 0.111. The second-order valence-corrected chi connectivity index (χ2v) is 8.45. The van der Waals surface area contributed by atoms with Gasteiger partial charge in [0.05, 0.1) is 5.38 Å². The van der Waals surface area contributed by atoms with Crippen LogP contribution in [0.1, 0.15) is 49.8 Å². The van der Waals surface area contributed by atoms with Gasteiger partial charge in [0.2, 0.25) is 0 Å². The molecule has 0 heterocycles. The molecule has 2 aromatic carbocycles. The highest BCUT2D eigenvalue weighted by Crippen LogP contribution is 2.73. The molecule has 1 fully saturated rings. The third-order valence-electron chi connectivity index (χ3n) is 6.63. The molecular formula is C20H23Cl. The van der Waals surface area contributed by atoms with Gasteiger partial charge in [-0.2, -0.15) is 0 Å². The van der Waals surface area contributed by atoms with E-state index in [4.69, 9.17) is 11.6 Å². The highest BCUT2D eigenvalue weighted by Gasteiger charge is 2.67. The number of hydrogen-bond acceptors (Lipinski definition) is 0. The summed E-state index contributed by atoms with van der Waals surface area (Å²) in [7, 11) is 0. The fraction of sp³-hybridized carbons (Fsp3) is 0.500. The molecule has 0 spiro atoms. The van der Waals surface area contributed by atoms with Crippen molar-refractivity contribution in [3.05, 3.63) is 47.0 Å². The predicted molar refractivity (Wildman–Crippen MR) is 91.0 cm³/mol. The third-order valence-corrected chi connectivity index (χ3v) is 7.12. The minimum absolute atomic E-state index is 0.111. The van der Waals surface area contributed by atoms with Crippen LogP contribution in [0.15, 0.2) is 30.3 Å². The lowest BCUT2D eigenvalue weighted by Gasteiger charge is -2.16. The fourth-order valence-electron chi connectivity index (χ4n) is 4.67. The van der Waals surface area contributed by atoms with Crippen LogP contribution in [0.3, 0.4) is 0 Å². The SMILES string of the molecule is CC1(C)C(C(Cl)c2ccc3c4c(cccc24)CC3)C1(C)C. The maximum atomic E-state index is 6.98. The monoisotopic (exact) mass is 298 g/mol. The van der Waals surface area contributed by atoms with Crippen LogP contribution in [0, 0.1) is 16.7 Å². The number of rotatable bonds is 2. The molecule has 0 aliphatic heterocycles. The molecule has 0 N–H and O–H groups in total. The lowest BCUT2D eigenvalue weighted by molar-refractivity contribution is 0.457. The van der Waals surface area contributed by atoms with Crippen LogP contribution in [0.25, 0.3) is 10.8 Å². The highest BCUT2D eigenvalue weighted by atomic mass is 35.5. The van der Waals surface area contributed by atoms with Gasteiger partial charge in [-0.3, -0.25) is 0 Å². The van der Waals surface area contributed by atoms with Crippen molar-refractivity contribution in [1.29, 1.82) is 0 Å². The summed E-state index contributed by atoms with van der Waals surface area (Å²) in [4.78, 5) is 0. The van der Waals surface area contributed by atoms with E-state index in [9.17, 15) is 0 Å². The first-order valence-electron chi connectivity index (χ1n) is 8.03. The predicted octanol–water partition coefficient (Wildman–Crippen LogP) is 5.90. The first-order valence-corrected chi connectivity index (χ1v) is 8.47. The fourth-order valence-corrected chi connectivity index (χ4v) is 5.49. The molecule has 1 saturated carbocycles. The van der Waals surface area contributed by atoms with Gasteiger partial charge in [-0.15, -0.1) is 11.6 Å². The first kappa shape index (κ1) is 13.6. The molecule has 2 aromatic rings. The smallest absolute Gasteiger partial charge is 0.0630 e. The Kier molecular flexibility index (Phi) is 2.63. The number of aryl methyl sites for hydroxylation is 2. The van der Waals surface area contributed by atoms with Crippen LogP contribution in [0.5, 0.6) is 0 Å². The summed E-state index contributed by atoms with van der Waals surface area (Å²) in [5.74, 6) is 0.546. The minimum Gasteiger partial charge on any atom is -0.117 e. The van der Waals surface area contributed by atoms with Gasteiger partial charge in [-0.1, -0.05) is 58.0 Å². The number of alkyl halides is 1. The van der Waals surface area contributed by atoms with E-state index in [-0.39, 0.29) is 5.38 Å². The van der Waals surface area contributed by atoms with E-state index >= 15 is 0 Å². The van der Waals surface area contributed by atoms with E-state index in [0.29, 0.717) is 16.7 Å². The number of benzene rings is 2. The van der Waals surface area contributed by atoms with E-state index in [1.165, 1.54) is 40.3 Å². The van der Waals surface area contributed by atoms with Gasteiger partial charge in [0, 0.05) is 0 Å². The van der Waals surface area contributed by atoms with Crippen molar-refractivity contribution in [2.24, 2.45) is 16.7 Å². The summed E-state index contributed by atoms with van der Waals surface area (Å²) in [6.07, 6.45) is 2.37. The summed E-state index contributed by atoms with van der Waals surface area (Å²) < 4.78 is 0. The van der Waals surface area contributed by atoms with Crippen molar-refractivity contribution in [3.8, 4) is 0 Å². The van der Waals surface area contributed by atoms with Crippen molar-refractivity contribution in [2.75, 3.05) is 0 Å². The summed E-state index contributed by atoms with van der Waals surface area (Å²) in [5.41, 5.74) is 4.98. The van der Waals surface area contributed by atoms with Crippen molar-refractivity contribution in [1.82, 2.24) is 0 Å². The summed E-state index contributed by atoms with van der Waals surface area (Å²) >= 11 is 6.98. The van der Waals surface area contributed by atoms with Crippen molar-refractivity contribution in [3.63, 3.8) is 0 Å². The van der Waals surface area contributed by atoms with Crippen LogP contribution >= 0.6 is 11.6 Å². The maximum Gasteiger partial charge on any atom is 0.0630 e. The summed E-state index contributed by atoms with van der Waals surface area (Å²) in [6.45, 7) is 9.42. The zero-order valence-corrected chi connectivity index (χ0v) is 14.1. The molecule has 1 unspecified atom stereocenters. The molecule has 1 atom stereocenters. The van der Waals surface area contributed by atoms with Gasteiger partial charge in [0.25, 0.3) is 0 Å². The van der Waals surface area contributed by atoms with Gasteiger partial charge in [-0.25, -0.2) is 0 Å². The molecule has 1 heteroatoms. The van der Waals surface area contributed by atoms with Crippen molar-refractivity contribution < 1.29 is 0 Å². The van der Waals surface area contributed by atoms with Gasteiger partial charge in [0.15, 0.2) is 0 Å². The molecule has 0 bridgehead atoms. The van der Waals surface area contributed by atoms with Crippen LogP contribution in [-0.2, 0) is 12.8 Å². The Morgan fingerprint density at radius 1 is 0.952 bits per heavy atom. The Morgan fingerprint density at radius 2 is 1.57 bits per heavy atom. The van der Waals surface area contributed by atoms with Gasteiger partial charge >= 0.3 is 0 Å². The molecule has 0 radical (unpaired) electrons. The van der Waals surface area contributed by atoms with Crippen molar-refractivity contribution in [2.45, 2.75) is 45.9 Å². The van der Waals surface area contributed by atoms with Crippen LogP contribution < -0.4 is 0 Å². The van der Waals surface area contributed by atoms with E-state index in [0.717, 1.165) is 0 Å². The Labute approximate surface area is 132 Å². The van der Waals surface area contributed by atoms with E-state index in [1.54, 1.807) is 0 Å². The molecule has 0 saturated heterocycles. The zero-order valence-electron chi connectivity index (χ0n) is 13.3. The highest BCUT2D eigenvalue weighted by molar-refractivity contribution is 6.22. The van der Waals surface area contributed by atoms with Crippen LogP contribution in [0.4, 0.5) is 0 Å². The lowest BCUT2D eigenvalue weighted by Crippen LogP contribution is -2.01. The molecule has 2 aliphatic rings. The molecule has 110 valence electrons. The Bertz CT molecular complexity index is 715. The van der Waals surface area contributed by atoms with Crippen LogP contribution in [0.2, 0.25) is 0 Å². The number of halogens is 1. The maximum absolute atomic E-state index is 6.98. The van der Waals surface area contributed by atoms with E-state index < -0.39 is 0 Å².